The average molecular weight is 460 g/mol. The third-order valence-electron chi connectivity index (χ3n) is 5.40. The van der Waals surface area contributed by atoms with E-state index in [-0.39, 0.29) is 18.2 Å². The molecule has 1 aromatic carbocycles. The fraction of sp³-hybridized carbons (Fsp3) is 0.240. The van der Waals surface area contributed by atoms with E-state index < -0.39 is 0 Å². The highest BCUT2D eigenvalue weighted by Crippen LogP contribution is 2.35. The smallest absolute Gasteiger partial charge is 0.228 e. The number of nitrogens with one attached hydrogen (secondary N) is 1. The number of hydrogen-bond donors (Lipinski definition) is 1. The number of nitrogens with zero attached hydrogens (tertiary/aromatic N) is 4. The van der Waals surface area contributed by atoms with Crippen molar-refractivity contribution in [1.82, 2.24) is 9.97 Å². The molecule has 33 heavy (non-hydrogen) atoms. The van der Waals surface area contributed by atoms with E-state index in [1.165, 1.54) is 6.20 Å². The van der Waals surface area contributed by atoms with Gasteiger partial charge in [-0.2, -0.15) is 5.26 Å². The van der Waals surface area contributed by atoms with E-state index in [0.717, 1.165) is 18.4 Å². The number of amides is 2. The molecule has 0 radical (unpaired) electrons. The molecule has 0 aliphatic heterocycles. The Balaban J connectivity index is 1.42. The van der Waals surface area contributed by atoms with Crippen LogP contribution < -0.4 is 10.2 Å². The molecule has 4 rings (SSSR count). The average Bonchev–Trinajstić information content (AvgIpc) is 3.63. The van der Waals surface area contributed by atoms with Crippen LogP contribution in [0.4, 0.5) is 11.4 Å². The largest absolute Gasteiger partial charge is 0.324 e. The number of carbonyl (C=O) groups is 2. The lowest BCUT2D eigenvalue weighted by Gasteiger charge is -2.22. The zero-order valence-corrected chi connectivity index (χ0v) is 18.8. The molecule has 0 unspecified atom stereocenters. The van der Waals surface area contributed by atoms with Gasteiger partial charge in [0.2, 0.25) is 11.8 Å². The van der Waals surface area contributed by atoms with Crippen molar-refractivity contribution in [2.45, 2.75) is 26.2 Å². The number of nitriles is 1. The number of pyridine rings is 2. The van der Waals surface area contributed by atoms with Crippen molar-refractivity contribution in [3.8, 4) is 17.3 Å². The van der Waals surface area contributed by atoms with Crippen LogP contribution in [0.25, 0.3) is 11.3 Å². The van der Waals surface area contributed by atoms with E-state index >= 15 is 0 Å². The number of hydrogen-bond acceptors (Lipinski definition) is 5. The van der Waals surface area contributed by atoms with Crippen LogP contribution >= 0.6 is 11.6 Å². The van der Waals surface area contributed by atoms with E-state index in [9.17, 15) is 9.59 Å². The number of anilines is 2. The van der Waals surface area contributed by atoms with Crippen molar-refractivity contribution < 1.29 is 9.59 Å². The number of benzene rings is 1. The van der Waals surface area contributed by atoms with Crippen molar-refractivity contribution in [3.05, 3.63) is 71.1 Å². The highest BCUT2D eigenvalue weighted by Gasteiger charge is 2.27. The summed E-state index contributed by atoms with van der Waals surface area (Å²) in [5, 5.41) is 12.1. The third kappa shape index (κ3) is 5.73. The van der Waals surface area contributed by atoms with Gasteiger partial charge >= 0.3 is 0 Å². The van der Waals surface area contributed by atoms with Crippen LogP contribution in [0.1, 0.15) is 31.0 Å². The predicted molar refractivity (Wildman–Crippen MR) is 127 cm³/mol. The molecule has 0 saturated heterocycles. The van der Waals surface area contributed by atoms with Gasteiger partial charge in [0.1, 0.15) is 11.8 Å². The Hall–Kier alpha value is -3.76. The van der Waals surface area contributed by atoms with E-state index in [1.807, 2.05) is 18.2 Å². The Labute approximate surface area is 197 Å². The molecular weight excluding hydrogens is 438 g/mol. The summed E-state index contributed by atoms with van der Waals surface area (Å²) < 4.78 is 0. The summed E-state index contributed by atoms with van der Waals surface area (Å²) in [4.78, 5) is 34.5. The van der Waals surface area contributed by atoms with Crippen molar-refractivity contribution in [3.63, 3.8) is 0 Å². The molecule has 2 amide bonds. The first-order valence-electron chi connectivity index (χ1n) is 10.6. The van der Waals surface area contributed by atoms with Gasteiger partial charge in [0, 0.05) is 25.2 Å². The van der Waals surface area contributed by atoms with Crippen LogP contribution in [-0.4, -0.2) is 28.3 Å². The standard InChI is InChI=1S/C25H22ClN5O2/c1-16(32)31(15-17-2-3-17)24-9-5-19(11-22(24)26)23-8-7-21(14-29-23)30-25(33)10-18-4-6-20(12-27)28-13-18/h4-9,11,13-14,17H,2-3,10,15H2,1H3,(H,30,33). The second kappa shape index (κ2) is 9.80. The molecule has 0 atom stereocenters. The van der Waals surface area contributed by atoms with Gasteiger partial charge in [-0.25, -0.2) is 4.98 Å². The second-order valence-electron chi connectivity index (χ2n) is 8.06. The summed E-state index contributed by atoms with van der Waals surface area (Å²) in [7, 11) is 0. The molecular formula is C25H22ClN5O2. The lowest BCUT2D eigenvalue weighted by Crippen LogP contribution is -2.30. The maximum Gasteiger partial charge on any atom is 0.228 e. The normalized spacial score (nSPS) is 12.6. The summed E-state index contributed by atoms with van der Waals surface area (Å²) in [6.45, 7) is 2.25. The minimum Gasteiger partial charge on any atom is -0.324 e. The fourth-order valence-corrected chi connectivity index (χ4v) is 3.75. The molecule has 2 aromatic heterocycles. The Morgan fingerprint density at radius 3 is 2.55 bits per heavy atom. The molecule has 8 heteroatoms. The first-order chi connectivity index (χ1) is 15.9. The first kappa shape index (κ1) is 22.4. The Kier molecular flexibility index (Phi) is 6.66. The Morgan fingerprint density at radius 1 is 1.15 bits per heavy atom. The number of aromatic nitrogens is 2. The van der Waals surface area contributed by atoms with Crippen LogP contribution in [0.5, 0.6) is 0 Å². The zero-order valence-electron chi connectivity index (χ0n) is 18.1. The molecule has 166 valence electrons. The Morgan fingerprint density at radius 2 is 1.97 bits per heavy atom. The van der Waals surface area contributed by atoms with Crippen LogP contribution in [-0.2, 0) is 16.0 Å². The van der Waals surface area contributed by atoms with Crippen LogP contribution in [0.2, 0.25) is 5.02 Å². The zero-order chi connectivity index (χ0) is 23.4. The summed E-state index contributed by atoms with van der Waals surface area (Å²) in [5.41, 5.74) is 3.83. The van der Waals surface area contributed by atoms with E-state index in [2.05, 4.69) is 15.3 Å². The lowest BCUT2D eigenvalue weighted by molar-refractivity contribution is -0.117. The quantitative estimate of drug-likeness (QED) is 0.556. The molecule has 1 saturated carbocycles. The molecule has 2 heterocycles. The maximum atomic E-state index is 12.3. The molecule has 7 nitrogen and oxygen atoms in total. The minimum atomic E-state index is -0.205. The Bertz CT molecular complexity index is 1220. The molecule has 0 bridgehead atoms. The first-order valence-corrected chi connectivity index (χ1v) is 11.0. The van der Waals surface area contributed by atoms with Gasteiger partial charge in [-0.05, 0) is 54.7 Å². The van der Waals surface area contributed by atoms with Gasteiger partial charge < -0.3 is 10.2 Å². The lowest BCUT2D eigenvalue weighted by atomic mass is 10.1. The van der Waals surface area contributed by atoms with Gasteiger partial charge in [-0.3, -0.25) is 14.6 Å². The highest BCUT2D eigenvalue weighted by molar-refractivity contribution is 6.34. The minimum absolute atomic E-state index is 0.0217. The topological polar surface area (TPSA) is 99.0 Å². The predicted octanol–water partition coefficient (Wildman–Crippen LogP) is 4.61. The van der Waals surface area contributed by atoms with Gasteiger partial charge in [-0.15, -0.1) is 0 Å². The van der Waals surface area contributed by atoms with Crippen molar-refractivity contribution in [2.24, 2.45) is 5.92 Å². The van der Waals surface area contributed by atoms with Crippen molar-refractivity contribution in [1.29, 1.82) is 5.26 Å². The van der Waals surface area contributed by atoms with Crippen LogP contribution in [0, 0.1) is 17.2 Å². The van der Waals surface area contributed by atoms with Gasteiger partial charge in [0.25, 0.3) is 0 Å². The van der Waals surface area contributed by atoms with E-state index in [0.29, 0.717) is 45.8 Å². The van der Waals surface area contributed by atoms with Crippen molar-refractivity contribution in [2.75, 3.05) is 16.8 Å². The monoisotopic (exact) mass is 459 g/mol. The highest BCUT2D eigenvalue weighted by atomic mass is 35.5. The van der Waals surface area contributed by atoms with Crippen LogP contribution in [0.3, 0.4) is 0 Å². The van der Waals surface area contributed by atoms with Crippen LogP contribution in [0.15, 0.2) is 54.9 Å². The summed E-state index contributed by atoms with van der Waals surface area (Å²) >= 11 is 6.52. The summed E-state index contributed by atoms with van der Waals surface area (Å²) in [6.07, 6.45) is 5.55. The van der Waals surface area contributed by atoms with Gasteiger partial charge in [-0.1, -0.05) is 23.7 Å². The maximum absolute atomic E-state index is 12.3. The van der Waals surface area contributed by atoms with Gasteiger partial charge in [0.15, 0.2) is 0 Å². The molecule has 0 spiro atoms. The molecule has 1 fully saturated rings. The number of halogens is 1. The van der Waals surface area contributed by atoms with Gasteiger partial charge in [0.05, 0.1) is 34.7 Å². The molecule has 1 aliphatic carbocycles. The SMILES string of the molecule is CC(=O)N(CC1CC1)c1ccc(-c2ccc(NC(=O)Cc3ccc(C#N)nc3)cn2)cc1Cl. The van der Waals surface area contributed by atoms with E-state index in [1.54, 1.807) is 48.4 Å². The second-order valence-corrected chi connectivity index (χ2v) is 8.47. The van der Waals surface area contributed by atoms with Crippen molar-refractivity contribution >= 4 is 34.8 Å². The summed E-state index contributed by atoms with van der Waals surface area (Å²) in [5.74, 6) is 0.331. The molecule has 3 aromatic rings. The third-order valence-corrected chi connectivity index (χ3v) is 5.71. The number of rotatable bonds is 7. The number of carbonyl (C=O) groups excluding carboxylic acids is 2. The molecule has 1 aliphatic rings. The molecule has 1 N–H and O–H groups in total. The summed E-state index contributed by atoms with van der Waals surface area (Å²) in [6, 6.07) is 14.4. The van der Waals surface area contributed by atoms with E-state index in [4.69, 9.17) is 16.9 Å². The fourth-order valence-electron chi connectivity index (χ4n) is 3.46.